The molecule has 0 aromatic carbocycles. The monoisotopic (exact) mass is 196 g/mol. The van der Waals surface area contributed by atoms with Gasteiger partial charge >= 0.3 is 0 Å². The Morgan fingerprint density at radius 2 is 2.43 bits per heavy atom. The van der Waals surface area contributed by atoms with Gasteiger partial charge in [0.2, 0.25) is 5.89 Å². The third-order valence-electron chi connectivity index (χ3n) is 2.47. The Morgan fingerprint density at radius 3 is 3.00 bits per heavy atom. The summed E-state index contributed by atoms with van der Waals surface area (Å²) in [5.74, 6) is 1.27. The van der Waals surface area contributed by atoms with Crippen LogP contribution >= 0.6 is 0 Å². The lowest BCUT2D eigenvalue weighted by molar-refractivity contribution is 0.339. The van der Waals surface area contributed by atoms with E-state index >= 15 is 0 Å². The van der Waals surface area contributed by atoms with Gasteiger partial charge in [-0.1, -0.05) is 11.6 Å². The van der Waals surface area contributed by atoms with Crippen molar-refractivity contribution in [2.45, 2.75) is 38.3 Å². The van der Waals surface area contributed by atoms with E-state index in [0.717, 1.165) is 18.8 Å². The minimum absolute atomic E-state index is 0.181. The molecule has 0 aliphatic carbocycles. The average molecular weight is 196 g/mol. The zero-order chi connectivity index (χ0) is 9.97. The van der Waals surface area contributed by atoms with Crippen LogP contribution in [0.5, 0.6) is 0 Å². The Balaban J connectivity index is 2.07. The van der Waals surface area contributed by atoms with Gasteiger partial charge in [-0.25, -0.2) is 0 Å². The Hall–Kier alpha value is -0.940. The van der Waals surface area contributed by atoms with E-state index in [-0.39, 0.29) is 12.1 Å². The van der Waals surface area contributed by atoms with Crippen molar-refractivity contribution in [1.82, 2.24) is 15.5 Å². The molecule has 2 rings (SSSR count). The zero-order valence-electron chi connectivity index (χ0n) is 8.36. The van der Waals surface area contributed by atoms with Crippen LogP contribution in [0.1, 0.15) is 50.0 Å². The van der Waals surface area contributed by atoms with Crippen molar-refractivity contribution < 1.29 is 4.52 Å². The van der Waals surface area contributed by atoms with Gasteiger partial charge in [-0.15, -0.1) is 0 Å². The van der Waals surface area contributed by atoms with E-state index in [0.29, 0.717) is 5.89 Å². The second-order valence-corrected chi connectivity index (χ2v) is 3.78. The highest BCUT2D eigenvalue weighted by Crippen LogP contribution is 2.21. The molecule has 1 saturated heterocycles. The predicted molar refractivity (Wildman–Crippen MR) is 51.5 cm³/mol. The molecule has 78 valence electrons. The third-order valence-corrected chi connectivity index (χ3v) is 2.47. The fraction of sp³-hybridized carbons (Fsp3) is 0.778. The summed E-state index contributed by atoms with van der Waals surface area (Å²) in [5.41, 5.74) is 5.64. The maximum absolute atomic E-state index is 5.64. The minimum Gasteiger partial charge on any atom is -0.338 e. The fourth-order valence-corrected chi connectivity index (χ4v) is 1.65. The van der Waals surface area contributed by atoms with E-state index in [9.17, 15) is 0 Å². The normalized spacial score (nSPS) is 24.9. The molecule has 1 aliphatic rings. The van der Waals surface area contributed by atoms with Crippen molar-refractivity contribution in [3.05, 3.63) is 11.7 Å². The summed E-state index contributed by atoms with van der Waals surface area (Å²) in [7, 11) is 0. The van der Waals surface area contributed by atoms with Crippen LogP contribution in [0.2, 0.25) is 0 Å². The first-order valence-corrected chi connectivity index (χ1v) is 5.10. The van der Waals surface area contributed by atoms with Crippen LogP contribution in [-0.4, -0.2) is 16.7 Å². The maximum Gasteiger partial charge on any atom is 0.243 e. The largest absolute Gasteiger partial charge is 0.338 e. The number of hydrogen-bond donors (Lipinski definition) is 2. The van der Waals surface area contributed by atoms with Crippen LogP contribution in [0.3, 0.4) is 0 Å². The molecule has 2 atom stereocenters. The van der Waals surface area contributed by atoms with Gasteiger partial charge in [0.25, 0.3) is 0 Å². The minimum atomic E-state index is -0.181. The molecule has 0 saturated carbocycles. The number of rotatable bonds is 2. The Labute approximate surface area is 83.1 Å². The van der Waals surface area contributed by atoms with Crippen LogP contribution in [0.15, 0.2) is 4.52 Å². The first kappa shape index (κ1) is 9.61. The molecular weight excluding hydrogens is 180 g/mol. The second-order valence-electron chi connectivity index (χ2n) is 3.78. The van der Waals surface area contributed by atoms with Gasteiger partial charge in [0.1, 0.15) is 0 Å². The summed E-state index contributed by atoms with van der Waals surface area (Å²) in [6.07, 6.45) is 3.53. The van der Waals surface area contributed by atoms with E-state index in [1.807, 2.05) is 6.92 Å². The quantitative estimate of drug-likeness (QED) is 0.735. The number of piperidine rings is 1. The SMILES string of the molecule is CC(N)c1nc(C2CCCCN2)no1. The van der Waals surface area contributed by atoms with Gasteiger partial charge in [-0.3, -0.25) is 0 Å². The van der Waals surface area contributed by atoms with Crippen LogP contribution in [0.4, 0.5) is 0 Å². The molecular formula is C9H16N4O. The number of nitrogens with one attached hydrogen (secondary N) is 1. The van der Waals surface area contributed by atoms with Gasteiger partial charge in [0.05, 0.1) is 12.1 Å². The van der Waals surface area contributed by atoms with Crippen LogP contribution in [0.25, 0.3) is 0 Å². The lowest BCUT2D eigenvalue weighted by Crippen LogP contribution is -2.27. The Bertz CT molecular complexity index is 291. The van der Waals surface area contributed by atoms with Crippen molar-refractivity contribution in [3.63, 3.8) is 0 Å². The highest BCUT2D eigenvalue weighted by atomic mass is 16.5. The fourth-order valence-electron chi connectivity index (χ4n) is 1.65. The van der Waals surface area contributed by atoms with Crippen molar-refractivity contribution in [2.24, 2.45) is 5.73 Å². The van der Waals surface area contributed by atoms with Gasteiger partial charge in [0, 0.05) is 0 Å². The summed E-state index contributed by atoms with van der Waals surface area (Å²) in [6.45, 7) is 2.87. The predicted octanol–water partition coefficient (Wildman–Crippen LogP) is 0.904. The van der Waals surface area contributed by atoms with Gasteiger partial charge < -0.3 is 15.6 Å². The summed E-state index contributed by atoms with van der Waals surface area (Å²) in [5, 5.41) is 7.29. The molecule has 3 N–H and O–H groups in total. The zero-order valence-corrected chi connectivity index (χ0v) is 8.36. The lowest BCUT2D eigenvalue weighted by atomic mass is 10.0. The summed E-state index contributed by atoms with van der Waals surface area (Å²) < 4.78 is 5.05. The van der Waals surface area contributed by atoms with Crippen LogP contribution < -0.4 is 11.1 Å². The van der Waals surface area contributed by atoms with Crippen molar-refractivity contribution in [3.8, 4) is 0 Å². The smallest absolute Gasteiger partial charge is 0.243 e. The summed E-state index contributed by atoms with van der Waals surface area (Å²) >= 11 is 0. The van der Waals surface area contributed by atoms with Crippen LogP contribution in [0, 0.1) is 0 Å². The first-order chi connectivity index (χ1) is 6.77. The molecule has 0 radical (unpaired) electrons. The maximum atomic E-state index is 5.64. The highest BCUT2D eigenvalue weighted by molar-refractivity contribution is 4.97. The van der Waals surface area contributed by atoms with Crippen molar-refractivity contribution in [1.29, 1.82) is 0 Å². The molecule has 5 heteroatoms. The van der Waals surface area contributed by atoms with Gasteiger partial charge in [-0.2, -0.15) is 4.98 Å². The van der Waals surface area contributed by atoms with Crippen molar-refractivity contribution >= 4 is 0 Å². The average Bonchev–Trinajstić information content (AvgIpc) is 2.68. The van der Waals surface area contributed by atoms with E-state index in [4.69, 9.17) is 10.3 Å². The Kier molecular flexibility index (Phi) is 2.79. The number of aromatic nitrogens is 2. The third kappa shape index (κ3) is 1.93. The molecule has 14 heavy (non-hydrogen) atoms. The highest BCUT2D eigenvalue weighted by Gasteiger charge is 2.20. The van der Waals surface area contributed by atoms with E-state index in [2.05, 4.69) is 15.5 Å². The second kappa shape index (κ2) is 4.06. The molecule has 5 nitrogen and oxygen atoms in total. The molecule has 1 aromatic heterocycles. The summed E-state index contributed by atoms with van der Waals surface area (Å²) in [4.78, 5) is 4.27. The Morgan fingerprint density at radius 1 is 1.57 bits per heavy atom. The number of nitrogens with two attached hydrogens (primary N) is 1. The number of nitrogens with zero attached hydrogens (tertiary/aromatic N) is 2. The van der Waals surface area contributed by atoms with Gasteiger partial charge in [0.15, 0.2) is 5.82 Å². The first-order valence-electron chi connectivity index (χ1n) is 5.10. The molecule has 2 heterocycles. The molecule has 1 aliphatic heterocycles. The molecule has 0 bridgehead atoms. The van der Waals surface area contributed by atoms with Crippen molar-refractivity contribution in [2.75, 3.05) is 6.54 Å². The molecule has 2 unspecified atom stereocenters. The number of hydrogen-bond acceptors (Lipinski definition) is 5. The van der Waals surface area contributed by atoms with E-state index in [1.54, 1.807) is 0 Å². The van der Waals surface area contributed by atoms with E-state index < -0.39 is 0 Å². The van der Waals surface area contributed by atoms with Gasteiger partial charge in [-0.05, 0) is 26.3 Å². The molecule has 0 amide bonds. The molecule has 1 fully saturated rings. The lowest BCUT2D eigenvalue weighted by Gasteiger charge is -2.19. The van der Waals surface area contributed by atoms with Crippen LogP contribution in [-0.2, 0) is 0 Å². The summed E-state index contributed by atoms with van der Waals surface area (Å²) in [6, 6.07) is 0.0693. The molecule has 1 aromatic rings. The standard InChI is InChI=1S/C9H16N4O/c1-6(10)9-12-8(13-14-9)7-4-2-3-5-11-7/h6-7,11H,2-5,10H2,1H3. The molecule has 0 spiro atoms. The topological polar surface area (TPSA) is 77.0 Å². The van der Waals surface area contributed by atoms with E-state index in [1.165, 1.54) is 12.8 Å².